The van der Waals surface area contributed by atoms with Crippen molar-refractivity contribution >= 4 is 15.9 Å². The molecule has 0 fully saturated rings. The average Bonchev–Trinajstić information content (AvgIpc) is 2.79. The molecule has 1 unspecified atom stereocenters. The summed E-state index contributed by atoms with van der Waals surface area (Å²) in [6, 6.07) is 4.05. The summed E-state index contributed by atoms with van der Waals surface area (Å²) in [6.45, 7) is 2.80. The zero-order valence-electron chi connectivity index (χ0n) is 9.40. The summed E-state index contributed by atoms with van der Waals surface area (Å²) in [5, 5.41) is 0. The van der Waals surface area contributed by atoms with Crippen molar-refractivity contribution in [1.29, 1.82) is 0 Å². The van der Waals surface area contributed by atoms with Gasteiger partial charge in [0, 0.05) is 23.4 Å². The van der Waals surface area contributed by atoms with Crippen LogP contribution in [0.2, 0.25) is 0 Å². The minimum atomic E-state index is -0.435. The summed E-state index contributed by atoms with van der Waals surface area (Å²) in [5.41, 5.74) is 6.83. The van der Waals surface area contributed by atoms with Crippen LogP contribution in [0.5, 0.6) is 0 Å². The number of hydrogen-bond acceptors (Lipinski definition) is 2. The topological polar surface area (TPSA) is 43.8 Å². The first kappa shape index (κ1) is 12.3. The summed E-state index contributed by atoms with van der Waals surface area (Å²) in [5.74, 6) is 0.437. The van der Waals surface area contributed by atoms with Gasteiger partial charge in [0.05, 0.1) is 6.04 Å². The third-order valence-electron chi connectivity index (χ3n) is 2.66. The van der Waals surface area contributed by atoms with Crippen LogP contribution >= 0.6 is 15.9 Å². The fourth-order valence-corrected chi connectivity index (χ4v) is 2.25. The first-order valence-electron chi connectivity index (χ1n) is 5.35. The number of nitrogens with zero attached hydrogens (tertiary/aromatic N) is 2. The Balaban J connectivity index is 2.43. The number of halogens is 2. The summed E-state index contributed by atoms with van der Waals surface area (Å²) in [6.07, 6.45) is 3.56. The molecule has 0 radical (unpaired) electrons. The van der Waals surface area contributed by atoms with E-state index in [4.69, 9.17) is 5.73 Å². The molecule has 1 atom stereocenters. The van der Waals surface area contributed by atoms with Gasteiger partial charge in [-0.15, -0.1) is 0 Å². The lowest BCUT2D eigenvalue weighted by Crippen LogP contribution is -2.18. The monoisotopic (exact) mass is 297 g/mol. The first-order valence-corrected chi connectivity index (χ1v) is 6.14. The van der Waals surface area contributed by atoms with Crippen molar-refractivity contribution in [3.05, 3.63) is 52.3 Å². The largest absolute Gasteiger partial charge is 0.334 e. The van der Waals surface area contributed by atoms with Gasteiger partial charge in [0.25, 0.3) is 0 Å². The lowest BCUT2D eigenvalue weighted by atomic mass is 10.1. The molecule has 0 aliphatic heterocycles. The Hall–Kier alpha value is -1.20. The smallest absolute Gasteiger partial charge is 0.130 e. The van der Waals surface area contributed by atoms with E-state index in [2.05, 4.69) is 20.9 Å². The molecule has 1 aromatic heterocycles. The Labute approximate surface area is 108 Å². The number of aromatic nitrogens is 2. The van der Waals surface area contributed by atoms with Crippen LogP contribution < -0.4 is 5.73 Å². The zero-order valence-corrected chi connectivity index (χ0v) is 11.0. The summed E-state index contributed by atoms with van der Waals surface area (Å²) >= 11 is 3.38. The maximum atomic E-state index is 13.2. The number of imidazole rings is 1. The van der Waals surface area contributed by atoms with Crippen molar-refractivity contribution in [3.63, 3.8) is 0 Å². The lowest BCUT2D eigenvalue weighted by molar-refractivity contribution is 0.615. The highest BCUT2D eigenvalue weighted by Crippen LogP contribution is 2.26. The molecule has 1 heterocycles. The number of nitrogens with two attached hydrogens (primary N) is 1. The molecule has 0 spiro atoms. The van der Waals surface area contributed by atoms with Crippen molar-refractivity contribution in [3.8, 4) is 0 Å². The van der Waals surface area contributed by atoms with Gasteiger partial charge in [-0.3, -0.25) is 0 Å². The molecule has 3 nitrogen and oxygen atoms in total. The van der Waals surface area contributed by atoms with E-state index in [1.807, 2.05) is 17.7 Å². The van der Waals surface area contributed by atoms with Crippen molar-refractivity contribution in [2.75, 3.05) is 0 Å². The minimum absolute atomic E-state index is 0.298. The zero-order chi connectivity index (χ0) is 12.4. The van der Waals surface area contributed by atoms with E-state index in [-0.39, 0.29) is 5.82 Å². The Morgan fingerprint density at radius 3 is 3.00 bits per heavy atom. The van der Waals surface area contributed by atoms with Gasteiger partial charge in [-0.05, 0) is 30.7 Å². The molecule has 90 valence electrons. The van der Waals surface area contributed by atoms with Crippen molar-refractivity contribution in [2.24, 2.45) is 5.73 Å². The third kappa shape index (κ3) is 2.40. The molecule has 17 heavy (non-hydrogen) atoms. The van der Waals surface area contributed by atoms with Crippen LogP contribution in [-0.2, 0) is 6.54 Å². The fourth-order valence-electron chi connectivity index (χ4n) is 1.76. The van der Waals surface area contributed by atoms with Gasteiger partial charge in [-0.25, -0.2) is 9.37 Å². The van der Waals surface area contributed by atoms with Gasteiger partial charge >= 0.3 is 0 Å². The van der Waals surface area contributed by atoms with Gasteiger partial charge in [0.2, 0.25) is 0 Å². The molecule has 0 aliphatic carbocycles. The maximum absolute atomic E-state index is 13.2. The SMILES string of the molecule is CCn1ccnc1C(N)c1cc(F)ccc1Br. The van der Waals surface area contributed by atoms with E-state index in [1.165, 1.54) is 12.1 Å². The summed E-state index contributed by atoms with van der Waals surface area (Å²) < 4.78 is 16.0. The first-order chi connectivity index (χ1) is 8.13. The Bertz CT molecular complexity index is 524. The normalized spacial score (nSPS) is 12.7. The van der Waals surface area contributed by atoms with Crippen LogP contribution in [0.25, 0.3) is 0 Å². The predicted molar refractivity (Wildman–Crippen MR) is 68.0 cm³/mol. The van der Waals surface area contributed by atoms with Gasteiger partial charge in [0.1, 0.15) is 11.6 Å². The second-order valence-electron chi connectivity index (χ2n) is 3.71. The van der Waals surface area contributed by atoms with Crippen LogP contribution in [0.4, 0.5) is 4.39 Å². The van der Waals surface area contributed by atoms with E-state index in [0.717, 1.165) is 16.8 Å². The quantitative estimate of drug-likeness (QED) is 0.947. The van der Waals surface area contributed by atoms with Crippen molar-refractivity contribution in [1.82, 2.24) is 9.55 Å². The van der Waals surface area contributed by atoms with Crippen LogP contribution in [0.15, 0.2) is 35.1 Å². The molecular formula is C12H13BrFN3. The van der Waals surface area contributed by atoms with E-state index in [1.54, 1.807) is 12.3 Å². The van der Waals surface area contributed by atoms with E-state index >= 15 is 0 Å². The van der Waals surface area contributed by atoms with E-state index < -0.39 is 6.04 Å². The van der Waals surface area contributed by atoms with Gasteiger partial charge in [0.15, 0.2) is 0 Å². The van der Waals surface area contributed by atoms with Gasteiger partial charge < -0.3 is 10.3 Å². The molecule has 0 amide bonds. The maximum Gasteiger partial charge on any atom is 0.130 e. The second kappa shape index (κ2) is 4.98. The Kier molecular flexibility index (Phi) is 3.59. The Morgan fingerprint density at radius 2 is 2.29 bits per heavy atom. The standard InChI is InChI=1S/C12H13BrFN3/c1-2-17-6-5-16-12(17)11(15)9-7-8(14)3-4-10(9)13/h3-7,11H,2,15H2,1H3. The van der Waals surface area contributed by atoms with Crippen LogP contribution in [0, 0.1) is 5.82 Å². The summed E-state index contributed by atoms with van der Waals surface area (Å²) in [7, 11) is 0. The highest BCUT2D eigenvalue weighted by molar-refractivity contribution is 9.10. The van der Waals surface area contributed by atoms with Gasteiger partial charge in [-0.1, -0.05) is 15.9 Å². The predicted octanol–water partition coefficient (Wildman–Crippen LogP) is 2.85. The molecule has 0 bridgehead atoms. The highest BCUT2D eigenvalue weighted by Gasteiger charge is 2.17. The highest BCUT2D eigenvalue weighted by atomic mass is 79.9. The minimum Gasteiger partial charge on any atom is -0.334 e. The number of aryl methyl sites for hydroxylation is 1. The molecule has 2 rings (SSSR count). The molecule has 1 aromatic carbocycles. The average molecular weight is 298 g/mol. The number of benzene rings is 1. The summed E-state index contributed by atoms with van der Waals surface area (Å²) in [4.78, 5) is 4.23. The third-order valence-corrected chi connectivity index (χ3v) is 3.38. The van der Waals surface area contributed by atoms with E-state index in [9.17, 15) is 4.39 Å². The van der Waals surface area contributed by atoms with Crippen LogP contribution in [-0.4, -0.2) is 9.55 Å². The molecule has 5 heteroatoms. The fraction of sp³-hybridized carbons (Fsp3) is 0.250. The van der Waals surface area contributed by atoms with E-state index in [0.29, 0.717) is 5.56 Å². The molecule has 0 saturated heterocycles. The molecule has 0 aliphatic rings. The number of hydrogen-bond donors (Lipinski definition) is 1. The van der Waals surface area contributed by atoms with Crippen LogP contribution in [0.1, 0.15) is 24.4 Å². The van der Waals surface area contributed by atoms with Gasteiger partial charge in [-0.2, -0.15) is 0 Å². The molecule has 0 saturated carbocycles. The lowest BCUT2D eigenvalue weighted by Gasteiger charge is -2.15. The second-order valence-corrected chi connectivity index (χ2v) is 4.57. The molecular weight excluding hydrogens is 285 g/mol. The van der Waals surface area contributed by atoms with Crippen molar-refractivity contribution in [2.45, 2.75) is 19.5 Å². The van der Waals surface area contributed by atoms with Crippen molar-refractivity contribution < 1.29 is 4.39 Å². The Morgan fingerprint density at radius 1 is 1.53 bits per heavy atom. The van der Waals surface area contributed by atoms with Crippen LogP contribution in [0.3, 0.4) is 0 Å². The molecule has 2 N–H and O–H groups in total. The number of rotatable bonds is 3. The molecule has 2 aromatic rings.